The second-order valence-corrected chi connectivity index (χ2v) is 5.17. The van der Waals surface area contributed by atoms with Gasteiger partial charge in [0.15, 0.2) is 0 Å². The Morgan fingerprint density at radius 3 is 2.43 bits per heavy atom. The molecule has 0 aliphatic rings. The van der Waals surface area contributed by atoms with E-state index in [1.54, 1.807) is 0 Å². The molecular weight excluding hydrogens is 258 g/mol. The fourth-order valence-corrected chi connectivity index (χ4v) is 2.87. The highest BCUT2D eigenvalue weighted by Gasteiger charge is 2.09. The monoisotopic (exact) mass is 273 g/mol. The summed E-state index contributed by atoms with van der Waals surface area (Å²) in [7, 11) is 0. The van der Waals surface area contributed by atoms with Crippen LogP contribution in [0.25, 0.3) is 33.1 Å². The lowest BCUT2D eigenvalue weighted by Crippen LogP contribution is -1.98. The van der Waals surface area contributed by atoms with Crippen LogP contribution < -0.4 is 5.73 Å². The number of hydrogen-bond acceptors (Lipinski definition) is 2. The molecule has 0 saturated heterocycles. The molecule has 2 heteroatoms. The van der Waals surface area contributed by atoms with Gasteiger partial charge in [0.1, 0.15) is 11.2 Å². The fraction of sp³-hybridized carbons (Fsp3) is 0.0526. The standard InChI is InChI=1S/C19H15NO/c20-12-14-5-1-2-6-15(14)13-9-10-19-17(11-13)16-7-3-4-8-18(16)21-19/h1-11H,12,20H2. The number of rotatable bonds is 2. The van der Waals surface area contributed by atoms with Crippen molar-refractivity contribution < 1.29 is 4.42 Å². The quantitative estimate of drug-likeness (QED) is 0.574. The number of para-hydroxylation sites is 1. The molecule has 102 valence electrons. The summed E-state index contributed by atoms with van der Waals surface area (Å²) in [5, 5.41) is 2.30. The van der Waals surface area contributed by atoms with Crippen LogP contribution >= 0.6 is 0 Å². The molecule has 0 saturated carbocycles. The van der Waals surface area contributed by atoms with Crippen molar-refractivity contribution >= 4 is 21.9 Å². The van der Waals surface area contributed by atoms with E-state index in [0.717, 1.165) is 27.5 Å². The number of nitrogens with two attached hydrogens (primary N) is 1. The van der Waals surface area contributed by atoms with E-state index in [2.05, 4.69) is 30.3 Å². The van der Waals surface area contributed by atoms with Crippen LogP contribution in [0.2, 0.25) is 0 Å². The maximum absolute atomic E-state index is 5.88. The first kappa shape index (κ1) is 12.2. The van der Waals surface area contributed by atoms with Gasteiger partial charge < -0.3 is 10.2 Å². The first-order valence-corrected chi connectivity index (χ1v) is 7.06. The van der Waals surface area contributed by atoms with E-state index < -0.39 is 0 Å². The van der Waals surface area contributed by atoms with Gasteiger partial charge in [-0.2, -0.15) is 0 Å². The van der Waals surface area contributed by atoms with Crippen molar-refractivity contribution in [1.82, 2.24) is 0 Å². The summed E-state index contributed by atoms with van der Waals surface area (Å²) in [5.74, 6) is 0. The van der Waals surface area contributed by atoms with Crippen LogP contribution in [0.3, 0.4) is 0 Å². The Hall–Kier alpha value is -2.58. The third-order valence-electron chi connectivity index (χ3n) is 3.92. The summed E-state index contributed by atoms with van der Waals surface area (Å²) in [5.41, 5.74) is 11.2. The third-order valence-corrected chi connectivity index (χ3v) is 3.92. The maximum Gasteiger partial charge on any atom is 0.135 e. The topological polar surface area (TPSA) is 39.2 Å². The number of benzene rings is 3. The minimum atomic E-state index is 0.542. The second kappa shape index (κ2) is 4.76. The average Bonchev–Trinajstić information content (AvgIpc) is 2.92. The zero-order chi connectivity index (χ0) is 14.2. The van der Waals surface area contributed by atoms with E-state index >= 15 is 0 Å². The van der Waals surface area contributed by atoms with Gasteiger partial charge in [-0.1, -0.05) is 48.5 Å². The lowest BCUT2D eigenvalue weighted by Gasteiger charge is -2.07. The Balaban J connectivity index is 2.00. The number of fused-ring (bicyclic) bond motifs is 3. The Morgan fingerprint density at radius 1 is 0.762 bits per heavy atom. The van der Waals surface area contributed by atoms with E-state index in [9.17, 15) is 0 Å². The lowest BCUT2D eigenvalue weighted by molar-refractivity contribution is 0.669. The van der Waals surface area contributed by atoms with Crippen LogP contribution in [0.4, 0.5) is 0 Å². The van der Waals surface area contributed by atoms with Gasteiger partial charge >= 0.3 is 0 Å². The van der Waals surface area contributed by atoms with Crippen LogP contribution in [0.15, 0.2) is 71.1 Å². The fourth-order valence-electron chi connectivity index (χ4n) is 2.87. The molecule has 2 nitrogen and oxygen atoms in total. The maximum atomic E-state index is 5.88. The Labute approximate surface area is 122 Å². The van der Waals surface area contributed by atoms with E-state index in [0.29, 0.717) is 6.54 Å². The van der Waals surface area contributed by atoms with Gasteiger partial charge in [0.2, 0.25) is 0 Å². The van der Waals surface area contributed by atoms with Gasteiger partial charge in [-0.15, -0.1) is 0 Å². The van der Waals surface area contributed by atoms with Crippen LogP contribution in [0, 0.1) is 0 Å². The van der Waals surface area contributed by atoms with Crippen molar-refractivity contribution in [2.24, 2.45) is 5.73 Å². The normalized spacial score (nSPS) is 11.3. The molecule has 21 heavy (non-hydrogen) atoms. The molecule has 0 bridgehead atoms. The average molecular weight is 273 g/mol. The van der Waals surface area contributed by atoms with Crippen molar-refractivity contribution in [2.75, 3.05) is 0 Å². The molecule has 0 atom stereocenters. The molecule has 1 aromatic heterocycles. The van der Waals surface area contributed by atoms with Crippen molar-refractivity contribution in [1.29, 1.82) is 0 Å². The highest BCUT2D eigenvalue weighted by atomic mass is 16.3. The molecule has 0 spiro atoms. The number of hydrogen-bond donors (Lipinski definition) is 1. The van der Waals surface area contributed by atoms with Gasteiger partial charge in [0, 0.05) is 17.3 Å². The Morgan fingerprint density at radius 2 is 1.52 bits per heavy atom. The molecule has 2 N–H and O–H groups in total. The molecule has 3 aromatic carbocycles. The second-order valence-electron chi connectivity index (χ2n) is 5.17. The summed E-state index contributed by atoms with van der Waals surface area (Å²) in [6.07, 6.45) is 0. The predicted molar refractivity (Wildman–Crippen MR) is 87.0 cm³/mol. The lowest BCUT2D eigenvalue weighted by atomic mass is 9.98. The van der Waals surface area contributed by atoms with E-state index in [4.69, 9.17) is 10.2 Å². The first-order chi connectivity index (χ1) is 10.4. The first-order valence-electron chi connectivity index (χ1n) is 7.06. The van der Waals surface area contributed by atoms with Crippen LogP contribution in [0.1, 0.15) is 5.56 Å². The van der Waals surface area contributed by atoms with Gasteiger partial charge in [-0.25, -0.2) is 0 Å². The van der Waals surface area contributed by atoms with Crippen molar-refractivity contribution in [3.63, 3.8) is 0 Å². The van der Waals surface area contributed by atoms with Gasteiger partial charge in [-0.3, -0.25) is 0 Å². The smallest absolute Gasteiger partial charge is 0.135 e. The van der Waals surface area contributed by atoms with Gasteiger partial charge in [-0.05, 0) is 34.9 Å². The molecule has 0 aliphatic heterocycles. The molecule has 1 heterocycles. The summed E-state index contributed by atoms with van der Waals surface area (Å²) in [6, 6.07) is 22.7. The largest absolute Gasteiger partial charge is 0.456 e. The SMILES string of the molecule is NCc1ccccc1-c1ccc2oc3ccccc3c2c1. The molecule has 4 rings (SSSR count). The molecule has 4 aromatic rings. The van der Waals surface area contributed by atoms with Crippen LogP contribution in [0.5, 0.6) is 0 Å². The predicted octanol–water partition coefficient (Wildman–Crippen LogP) is 4.71. The molecule has 0 fully saturated rings. The summed E-state index contributed by atoms with van der Waals surface area (Å²) >= 11 is 0. The van der Waals surface area contributed by atoms with E-state index in [1.807, 2.05) is 36.4 Å². The van der Waals surface area contributed by atoms with Crippen molar-refractivity contribution in [3.8, 4) is 11.1 Å². The molecule has 0 radical (unpaired) electrons. The highest BCUT2D eigenvalue weighted by Crippen LogP contribution is 2.33. The highest BCUT2D eigenvalue weighted by molar-refractivity contribution is 6.06. The van der Waals surface area contributed by atoms with E-state index in [-0.39, 0.29) is 0 Å². The summed E-state index contributed by atoms with van der Waals surface area (Å²) in [6.45, 7) is 0.542. The van der Waals surface area contributed by atoms with Crippen LogP contribution in [-0.4, -0.2) is 0 Å². The van der Waals surface area contributed by atoms with Crippen LogP contribution in [-0.2, 0) is 6.54 Å². The zero-order valence-corrected chi connectivity index (χ0v) is 11.5. The van der Waals surface area contributed by atoms with Gasteiger partial charge in [0.25, 0.3) is 0 Å². The Bertz CT molecular complexity index is 937. The minimum absolute atomic E-state index is 0.542. The molecule has 0 amide bonds. The van der Waals surface area contributed by atoms with Crippen molar-refractivity contribution in [3.05, 3.63) is 72.3 Å². The molecule has 0 unspecified atom stereocenters. The molecular formula is C19H15NO. The van der Waals surface area contributed by atoms with E-state index in [1.165, 1.54) is 11.1 Å². The zero-order valence-electron chi connectivity index (χ0n) is 11.5. The summed E-state index contributed by atoms with van der Waals surface area (Å²) in [4.78, 5) is 0. The van der Waals surface area contributed by atoms with Gasteiger partial charge in [0.05, 0.1) is 0 Å². The Kier molecular flexibility index (Phi) is 2.76. The third kappa shape index (κ3) is 1.92. The van der Waals surface area contributed by atoms with Crippen molar-refractivity contribution in [2.45, 2.75) is 6.54 Å². The molecule has 0 aliphatic carbocycles. The minimum Gasteiger partial charge on any atom is -0.456 e. The number of furan rings is 1. The summed E-state index contributed by atoms with van der Waals surface area (Å²) < 4.78 is 5.88.